The number of likely N-dealkylation sites (tertiary alicyclic amines) is 1. The van der Waals surface area contributed by atoms with Crippen LogP contribution >= 0.6 is 0 Å². The van der Waals surface area contributed by atoms with Crippen LogP contribution in [0.15, 0.2) is 30.5 Å². The summed E-state index contributed by atoms with van der Waals surface area (Å²) in [6.45, 7) is 9.55. The fourth-order valence-electron chi connectivity index (χ4n) is 4.02. The first-order valence-corrected chi connectivity index (χ1v) is 9.84. The van der Waals surface area contributed by atoms with Crippen LogP contribution in [-0.2, 0) is 12.0 Å². The zero-order valence-corrected chi connectivity index (χ0v) is 17.1. The molecule has 150 valence electrons. The Bertz CT molecular complexity index is 871. The lowest BCUT2D eigenvalue weighted by Crippen LogP contribution is -2.39. The minimum atomic E-state index is -0.880. The molecule has 28 heavy (non-hydrogen) atoms. The fraction of sp³-hybridized carbons (Fsp3) is 0.500. The molecule has 3 rings (SSSR count). The third kappa shape index (κ3) is 4.11. The largest absolute Gasteiger partial charge is 0.478 e. The maximum Gasteiger partial charge on any atom is 0.335 e. The molecule has 1 aliphatic rings. The van der Waals surface area contributed by atoms with Gasteiger partial charge in [0, 0.05) is 18.8 Å². The number of nitrogens with zero attached hydrogens (tertiary/aromatic N) is 3. The van der Waals surface area contributed by atoms with Crippen LogP contribution in [0.1, 0.15) is 65.6 Å². The van der Waals surface area contributed by atoms with Gasteiger partial charge in [0.05, 0.1) is 22.9 Å². The number of amides is 1. The second-order valence-electron chi connectivity index (χ2n) is 8.63. The molecular formula is C22H29N3O3. The van der Waals surface area contributed by atoms with Gasteiger partial charge in [-0.15, -0.1) is 0 Å². The number of carboxylic acid groups (broad SMARTS) is 1. The molecule has 0 radical (unpaired) electrons. The average Bonchev–Trinajstić information content (AvgIpc) is 3.04. The van der Waals surface area contributed by atoms with Gasteiger partial charge in [0.1, 0.15) is 0 Å². The standard InChI is InChI=1S/C22H29N3O3/c1-15-19(14-23-25(15)22(2,3)4)20(26)24-11-9-16(10-12-24)13-17-7-5-6-8-18(17)21(27)28/h5-8,14,16H,9-13H2,1-4H3,(H,27,28). The van der Waals surface area contributed by atoms with Crippen LogP contribution < -0.4 is 0 Å². The summed E-state index contributed by atoms with van der Waals surface area (Å²) in [6.07, 6.45) is 4.18. The smallest absolute Gasteiger partial charge is 0.335 e. The summed E-state index contributed by atoms with van der Waals surface area (Å²) in [5.74, 6) is -0.449. The van der Waals surface area contributed by atoms with Gasteiger partial charge in [-0.25, -0.2) is 4.79 Å². The minimum absolute atomic E-state index is 0.0392. The third-order valence-corrected chi connectivity index (χ3v) is 5.53. The van der Waals surface area contributed by atoms with Gasteiger partial charge >= 0.3 is 5.97 Å². The van der Waals surface area contributed by atoms with Crippen LogP contribution in [-0.4, -0.2) is 44.8 Å². The maximum atomic E-state index is 13.0. The lowest BCUT2D eigenvalue weighted by atomic mass is 9.88. The molecule has 0 aliphatic carbocycles. The third-order valence-electron chi connectivity index (χ3n) is 5.53. The number of hydrogen-bond acceptors (Lipinski definition) is 3. The molecule has 0 unspecified atom stereocenters. The highest BCUT2D eigenvalue weighted by molar-refractivity contribution is 5.95. The van der Waals surface area contributed by atoms with Gasteiger partial charge in [0.2, 0.25) is 0 Å². The van der Waals surface area contributed by atoms with Gasteiger partial charge in [-0.2, -0.15) is 5.10 Å². The lowest BCUT2D eigenvalue weighted by molar-refractivity contribution is 0.0689. The molecule has 0 atom stereocenters. The fourth-order valence-corrected chi connectivity index (χ4v) is 4.02. The van der Waals surface area contributed by atoms with Crippen LogP contribution in [0.2, 0.25) is 0 Å². The van der Waals surface area contributed by atoms with Gasteiger partial charge in [-0.1, -0.05) is 18.2 Å². The molecule has 1 amide bonds. The van der Waals surface area contributed by atoms with Crippen molar-refractivity contribution in [3.8, 4) is 0 Å². The van der Waals surface area contributed by atoms with E-state index in [9.17, 15) is 14.7 Å². The average molecular weight is 383 g/mol. The minimum Gasteiger partial charge on any atom is -0.478 e. The number of rotatable bonds is 4. The van der Waals surface area contributed by atoms with Crippen molar-refractivity contribution in [1.29, 1.82) is 0 Å². The van der Waals surface area contributed by atoms with Crippen LogP contribution in [0.25, 0.3) is 0 Å². The summed E-state index contributed by atoms with van der Waals surface area (Å²) >= 11 is 0. The first-order valence-electron chi connectivity index (χ1n) is 9.84. The highest BCUT2D eigenvalue weighted by atomic mass is 16.4. The SMILES string of the molecule is Cc1c(C(=O)N2CCC(Cc3ccccc3C(=O)O)CC2)cnn1C(C)(C)C. The quantitative estimate of drug-likeness (QED) is 0.873. The van der Waals surface area contributed by atoms with Gasteiger partial charge in [-0.3, -0.25) is 9.48 Å². The summed E-state index contributed by atoms with van der Waals surface area (Å²) < 4.78 is 1.90. The van der Waals surface area contributed by atoms with Gasteiger partial charge in [0.25, 0.3) is 5.91 Å². The van der Waals surface area contributed by atoms with E-state index in [0.29, 0.717) is 30.1 Å². The normalized spacial score (nSPS) is 15.6. The van der Waals surface area contributed by atoms with E-state index < -0.39 is 5.97 Å². The predicted octanol–water partition coefficient (Wildman–Crippen LogP) is 3.74. The maximum absolute atomic E-state index is 13.0. The Morgan fingerprint density at radius 3 is 2.36 bits per heavy atom. The molecule has 0 bridgehead atoms. The van der Waals surface area contributed by atoms with Crippen molar-refractivity contribution in [2.45, 2.75) is 52.5 Å². The molecule has 2 aromatic rings. The zero-order chi connectivity index (χ0) is 20.5. The number of piperidine rings is 1. The summed E-state index contributed by atoms with van der Waals surface area (Å²) in [7, 11) is 0. The predicted molar refractivity (Wildman–Crippen MR) is 108 cm³/mol. The Morgan fingerprint density at radius 2 is 1.79 bits per heavy atom. The molecule has 6 heteroatoms. The van der Waals surface area contributed by atoms with Crippen molar-refractivity contribution in [2.75, 3.05) is 13.1 Å². The van der Waals surface area contributed by atoms with Crippen LogP contribution in [0.3, 0.4) is 0 Å². The van der Waals surface area contributed by atoms with Crippen molar-refractivity contribution in [3.63, 3.8) is 0 Å². The molecule has 1 aromatic carbocycles. The Balaban J connectivity index is 1.64. The van der Waals surface area contributed by atoms with Crippen molar-refractivity contribution in [3.05, 3.63) is 52.8 Å². The van der Waals surface area contributed by atoms with E-state index in [1.807, 2.05) is 28.6 Å². The number of aromatic nitrogens is 2. The number of benzene rings is 1. The summed E-state index contributed by atoms with van der Waals surface area (Å²) in [5, 5.41) is 13.8. The Labute approximate surface area is 166 Å². The number of carbonyl (C=O) groups is 2. The topological polar surface area (TPSA) is 75.4 Å². The molecule has 1 N–H and O–H groups in total. The number of carboxylic acids is 1. The molecule has 1 fully saturated rings. The molecule has 1 aromatic heterocycles. The van der Waals surface area contributed by atoms with Crippen molar-refractivity contribution in [1.82, 2.24) is 14.7 Å². The summed E-state index contributed by atoms with van der Waals surface area (Å²) in [4.78, 5) is 26.3. The Morgan fingerprint density at radius 1 is 1.14 bits per heavy atom. The van der Waals surface area contributed by atoms with E-state index in [-0.39, 0.29) is 11.4 Å². The van der Waals surface area contributed by atoms with E-state index in [1.165, 1.54) is 0 Å². The molecule has 2 heterocycles. The molecular weight excluding hydrogens is 354 g/mol. The molecule has 1 aliphatic heterocycles. The van der Waals surface area contributed by atoms with E-state index >= 15 is 0 Å². The van der Waals surface area contributed by atoms with Crippen LogP contribution in [0.4, 0.5) is 0 Å². The second kappa shape index (κ2) is 7.78. The molecule has 1 saturated heterocycles. The monoisotopic (exact) mass is 383 g/mol. The van der Waals surface area contributed by atoms with Crippen molar-refractivity contribution >= 4 is 11.9 Å². The number of hydrogen-bond donors (Lipinski definition) is 1. The molecule has 6 nitrogen and oxygen atoms in total. The summed E-state index contributed by atoms with van der Waals surface area (Å²) in [6, 6.07) is 7.20. The van der Waals surface area contributed by atoms with E-state index in [1.54, 1.807) is 18.3 Å². The second-order valence-corrected chi connectivity index (χ2v) is 8.63. The Kier molecular flexibility index (Phi) is 5.59. The lowest BCUT2D eigenvalue weighted by Gasteiger charge is -2.32. The first kappa shape index (κ1) is 20.1. The first-order chi connectivity index (χ1) is 13.2. The highest BCUT2D eigenvalue weighted by Gasteiger charge is 2.28. The van der Waals surface area contributed by atoms with Crippen LogP contribution in [0, 0.1) is 12.8 Å². The van der Waals surface area contributed by atoms with Crippen LogP contribution in [0.5, 0.6) is 0 Å². The number of aromatic carboxylic acids is 1. The zero-order valence-electron chi connectivity index (χ0n) is 17.1. The van der Waals surface area contributed by atoms with Gasteiger partial charge in [0.15, 0.2) is 0 Å². The van der Waals surface area contributed by atoms with E-state index in [2.05, 4.69) is 25.9 Å². The molecule has 0 saturated carbocycles. The van der Waals surface area contributed by atoms with E-state index in [0.717, 1.165) is 30.5 Å². The van der Waals surface area contributed by atoms with E-state index in [4.69, 9.17) is 0 Å². The Hall–Kier alpha value is -2.63. The highest BCUT2D eigenvalue weighted by Crippen LogP contribution is 2.26. The van der Waals surface area contributed by atoms with Crippen molar-refractivity contribution < 1.29 is 14.7 Å². The van der Waals surface area contributed by atoms with Gasteiger partial charge < -0.3 is 10.0 Å². The summed E-state index contributed by atoms with van der Waals surface area (Å²) in [5.41, 5.74) is 2.67. The van der Waals surface area contributed by atoms with Crippen molar-refractivity contribution in [2.24, 2.45) is 5.92 Å². The number of carbonyl (C=O) groups excluding carboxylic acids is 1. The van der Waals surface area contributed by atoms with Gasteiger partial charge in [-0.05, 0) is 64.5 Å². The molecule has 0 spiro atoms.